The highest BCUT2D eigenvalue weighted by Gasteiger charge is 2.41. The average Bonchev–Trinajstić information content (AvgIpc) is 2.70. The van der Waals surface area contributed by atoms with E-state index >= 15 is 0 Å². The summed E-state index contributed by atoms with van der Waals surface area (Å²) in [6, 6.07) is -0.219. The number of nitrogens with two attached hydrogens (primary N) is 1. The molecule has 0 aliphatic carbocycles. The topological polar surface area (TPSA) is 95.7 Å². The summed E-state index contributed by atoms with van der Waals surface area (Å²) in [6.45, 7) is 3.24. The molecule has 0 aromatic heterocycles. The Balaban J connectivity index is 2.15. The van der Waals surface area contributed by atoms with E-state index in [0.717, 1.165) is 0 Å². The highest BCUT2D eigenvalue weighted by Crippen LogP contribution is 2.20. The number of sulfonamides is 1. The minimum absolute atomic E-state index is 0.00514. The number of fused-ring (bicyclic) bond motifs is 1. The Morgan fingerprint density at radius 1 is 1.58 bits per heavy atom. The molecule has 2 amide bonds. The number of nitrogens with one attached hydrogen (secondary N) is 1. The molecule has 2 unspecified atom stereocenters. The summed E-state index contributed by atoms with van der Waals surface area (Å²) in [5, 5.41) is 1.89. The van der Waals surface area contributed by atoms with Crippen molar-refractivity contribution in [1.82, 2.24) is 14.5 Å². The van der Waals surface area contributed by atoms with E-state index in [0.29, 0.717) is 32.6 Å². The van der Waals surface area contributed by atoms with Crippen molar-refractivity contribution in [3.05, 3.63) is 0 Å². The van der Waals surface area contributed by atoms with E-state index in [1.165, 1.54) is 4.31 Å². The standard InChI is InChI=1S/C10H18N4O3S2/c1-2-8(9(11)18)19(16,17)13-3-4-14-7(6-13)5-12-10(14)15/h7-8H,2-6H2,1H3,(H2,11,18)(H,12,15). The van der Waals surface area contributed by atoms with E-state index in [4.69, 9.17) is 18.0 Å². The molecule has 0 saturated carbocycles. The van der Waals surface area contributed by atoms with Crippen molar-refractivity contribution in [1.29, 1.82) is 0 Å². The maximum Gasteiger partial charge on any atom is 0.317 e. The summed E-state index contributed by atoms with van der Waals surface area (Å²) in [5.41, 5.74) is 5.52. The molecule has 2 atom stereocenters. The molecule has 7 nitrogen and oxygen atoms in total. The van der Waals surface area contributed by atoms with Crippen LogP contribution >= 0.6 is 12.2 Å². The summed E-state index contributed by atoms with van der Waals surface area (Å²) >= 11 is 4.84. The number of hydrogen-bond acceptors (Lipinski definition) is 4. The molecular weight excluding hydrogens is 288 g/mol. The van der Waals surface area contributed by atoms with Gasteiger partial charge >= 0.3 is 6.03 Å². The van der Waals surface area contributed by atoms with Crippen LogP contribution in [0.25, 0.3) is 0 Å². The summed E-state index contributed by atoms with van der Waals surface area (Å²) in [4.78, 5) is 13.1. The third-order valence-electron chi connectivity index (χ3n) is 3.60. The maximum absolute atomic E-state index is 12.5. The van der Waals surface area contributed by atoms with Crippen LogP contribution in [0, 0.1) is 0 Å². The Morgan fingerprint density at radius 3 is 2.84 bits per heavy atom. The fraction of sp³-hybridized carbons (Fsp3) is 0.800. The highest BCUT2D eigenvalue weighted by molar-refractivity contribution is 7.92. The number of carbonyl (C=O) groups excluding carboxylic acids is 1. The zero-order chi connectivity index (χ0) is 14.2. The monoisotopic (exact) mass is 306 g/mol. The second-order valence-electron chi connectivity index (χ2n) is 4.74. The summed E-state index contributed by atoms with van der Waals surface area (Å²) in [7, 11) is -3.53. The van der Waals surface area contributed by atoms with Crippen LogP contribution in [0.1, 0.15) is 13.3 Å². The van der Waals surface area contributed by atoms with Crippen LogP contribution in [0.4, 0.5) is 4.79 Å². The molecule has 19 heavy (non-hydrogen) atoms. The summed E-state index contributed by atoms with van der Waals surface area (Å²) in [6.07, 6.45) is 0.361. The fourth-order valence-electron chi connectivity index (χ4n) is 2.55. The quantitative estimate of drug-likeness (QED) is 0.656. The second kappa shape index (κ2) is 5.22. The van der Waals surface area contributed by atoms with Gasteiger partial charge in [-0.3, -0.25) is 0 Å². The first-order valence-electron chi connectivity index (χ1n) is 6.20. The lowest BCUT2D eigenvalue weighted by Gasteiger charge is -2.37. The Morgan fingerprint density at radius 2 is 2.26 bits per heavy atom. The molecule has 108 valence electrons. The van der Waals surface area contributed by atoms with Crippen LogP contribution in [0.2, 0.25) is 0 Å². The lowest BCUT2D eigenvalue weighted by atomic mass is 10.2. The number of hydrogen-bond donors (Lipinski definition) is 2. The molecule has 0 aromatic rings. The predicted molar refractivity (Wildman–Crippen MR) is 75.2 cm³/mol. The van der Waals surface area contributed by atoms with Gasteiger partial charge in [0.25, 0.3) is 0 Å². The lowest BCUT2D eigenvalue weighted by Crippen LogP contribution is -2.56. The average molecular weight is 306 g/mol. The molecule has 2 rings (SSSR count). The van der Waals surface area contributed by atoms with Crippen molar-refractivity contribution in [2.75, 3.05) is 26.2 Å². The van der Waals surface area contributed by atoms with E-state index in [9.17, 15) is 13.2 Å². The van der Waals surface area contributed by atoms with Gasteiger partial charge in [0.2, 0.25) is 10.0 Å². The lowest BCUT2D eigenvalue weighted by molar-refractivity contribution is 0.164. The van der Waals surface area contributed by atoms with E-state index in [-0.39, 0.29) is 17.1 Å². The van der Waals surface area contributed by atoms with Gasteiger partial charge in [-0.15, -0.1) is 0 Å². The Hall–Kier alpha value is -0.930. The van der Waals surface area contributed by atoms with Crippen LogP contribution in [-0.4, -0.2) is 66.1 Å². The largest absolute Gasteiger partial charge is 0.392 e. The van der Waals surface area contributed by atoms with Crippen molar-refractivity contribution in [2.45, 2.75) is 24.6 Å². The van der Waals surface area contributed by atoms with Crippen molar-refractivity contribution in [3.8, 4) is 0 Å². The van der Waals surface area contributed by atoms with Gasteiger partial charge in [-0.1, -0.05) is 19.1 Å². The minimum atomic E-state index is -3.53. The molecule has 0 aromatic carbocycles. The first-order chi connectivity index (χ1) is 8.87. The van der Waals surface area contributed by atoms with E-state index < -0.39 is 15.3 Å². The van der Waals surface area contributed by atoms with Gasteiger partial charge in [0.15, 0.2) is 0 Å². The summed E-state index contributed by atoms with van der Waals surface area (Å²) < 4.78 is 26.3. The van der Waals surface area contributed by atoms with Crippen LogP contribution < -0.4 is 11.1 Å². The van der Waals surface area contributed by atoms with E-state index in [1.807, 2.05) is 0 Å². The first kappa shape index (κ1) is 14.5. The van der Waals surface area contributed by atoms with Gasteiger partial charge in [-0.05, 0) is 6.42 Å². The molecule has 9 heteroatoms. The van der Waals surface area contributed by atoms with Gasteiger partial charge in [0.05, 0.1) is 11.0 Å². The van der Waals surface area contributed by atoms with Crippen LogP contribution in [0.3, 0.4) is 0 Å². The Kier molecular flexibility index (Phi) is 3.98. The summed E-state index contributed by atoms with van der Waals surface area (Å²) in [5.74, 6) is 0. The predicted octanol–water partition coefficient (Wildman–Crippen LogP) is -0.910. The van der Waals surface area contributed by atoms with Gasteiger partial charge in [-0.2, -0.15) is 4.31 Å². The number of nitrogens with zero attached hydrogens (tertiary/aromatic N) is 2. The second-order valence-corrected chi connectivity index (χ2v) is 7.32. The molecule has 2 saturated heterocycles. The molecule has 2 heterocycles. The maximum atomic E-state index is 12.5. The van der Waals surface area contributed by atoms with Gasteiger partial charge in [0.1, 0.15) is 5.25 Å². The van der Waals surface area contributed by atoms with Crippen LogP contribution in [-0.2, 0) is 10.0 Å². The molecule has 3 N–H and O–H groups in total. The van der Waals surface area contributed by atoms with E-state index in [2.05, 4.69) is 5.32 Å². The minimum Gasteiger partial charge on any atom is -0.392 e. The molecule has 0 radical (unpaired) electrons. The van der Waals surface area contributed by atoms with Crippen molar-refractivity contribution >= 4 is 33.3 Å². The normalized spacial score (nSPS) is 25.8. The number of rotatable bonds is 4. The molecular formula is C10H18N4O3S2. The number of piperazine rings is 1. The molecule has 2 aliphatic heterocycles. The van der Waals surface area contributed by atoms with Gasteiger partial charge < -0.3 is 16.0 Å². The third-order valence-corrected chi connectivity index (χ3v) is 6.39. The number of amides is 2. The molecule has 0 bridgehead atoms. The van der Waals surface area contributed by atoms with Crippen LogP contribution in [0.15, 0.2) is 0 Å². The molecule has 2 fully saturated rings. The number of carbonyl (C=O) groups is 1. The highest BCUT2D eigenvalue weighted by atomic mass is 32.2. The van der Waals surface area contributed by atoms with E-state index in [1.54, 1.807) is 11.8 Å². The number of urea groups is 1. The Labute approximate surface area is 118 Å². The SMILES string of the molecule is CCC(C(N)=S)S(=O)(=O)N1CCN2C(=O)NCC2C1. The first-order valence-corrected chi connectivity index (χ1v) is 8.11. The molecule has 2 aliphatic rings. The molecule has 0 spiro atoms. The smallest absolute Gasteiger partial charge is 0.317 e. The third kappa shape index (κ3) is 2.54. The van der Waals surface area contributed by atoms with Crippen molar-refractivity contribution < 1.29 is 13.2 Å². The zero-order valence-corrected chi connectivity index (χ0v) is 12.3. The fourth-order valence-corrected chi connectivity index (χ4v) is 4.87. The number of thiocarbonyl (C=S) groups is 1. The van der Waals surface area contributed by atoms with Crippen LogP contribution in [0.5, 0.6) is 0 Å². The van der Waals surface area contributed by atoms with Gasteiger partial charge in [-0.25, -0.2) is 13.2 Å². The Bertz CT molecular complexity index is 493. The van der Waals surface area contributed by atoms with Gasteiger partial charge in [0, 0.05) is 26.2 Å². The zero-order valence-electron chi connectivity index (χ0n) is 10.7. The van der Waals surface area contributed by atoms with Crippen molar-refractivity contribution in [3.63, 3.8) is 0 Å². The van der Waals surface area contributed by atoms with Crippen molar-refractivity contribution in [2.24, 2.45) is 5.73 Å².